The van der Waals surface area contributed by atoms with Crippen LogP contribution in [0.2, 0.25) is 10.0 Å². The molecule has 2 aliphatic rings. The van der Waals surface area contributed by atoms with Crippen LogP contribution in [0.3, 0.4) is 0 Å². The van der Waals surface area contributed by atoms with E-state index in [2.05, 4.69) is 20.2 Å². The fourth-order valence-corrected chi connectivity index (χ4v) is 6.22. The number of sulfonamides is 1. The number of hydrogen-bond acceptors (Lipinski definition) is 7. The van der Waals surface area contributed by atoms with Crippen LogP contribution in [0.5, 0.6) is 0 Å². The Morgan fingerprint density at radius 3 is 2.38 bits per heavy atom. The summed E-state index contributed by atoms with van der Waals surface area (Å²) in [4.78, 5) is 26.3. The molecule has 0 unspecified atom stereocenters. The normalized spacial score (nSPS) is 18.4. The van der Waals surface area contributed by atoms with E-state index in [1.54, 1.807) is 19.2 Å². The number of aromatic nitrogens is 2. The number of benzene rings is 1. The molecule has 1 N–H and O–H groups in total. The number of nitrogens with one attached hydrogen (secondary N) is 1. The zero-order valence-electron chi connectivity index (χ0n) is 21.5. The second-order valence-electron chi connectivity index (χ2n) is 9.87. The summed E-state index contributed by atoms with van der Waals surface area (Å²) in [5, 5.41) is 4.27. The molecular formula is C25H34Cl2N6O3S. The SMILES string of the molecule is Cc1c(NCc2ccc(Cl)c(Cl)c2)ncnc1C(=O)N1CCC(N2CCC(N(C)S(C)(=O)=O)CC2)CC1. The number of anilines is 1. The summed E-state index contributed by atoms with van der Waals surface area (Å²) in [5.41, 5.74) is 2.08. The van der Waals surface area contributed by atoms with Crippen molar-refractivity contribution >= 4 is 45.0 Å². The standard InChI is InChI=1S/C25H34Cl2N6O3S/c1-17-23(29-16-30-24(17)28-15-18-4-5-21(26)22(27)14-18)25(34)33-12-8-20(9-13-33)32-10-6-19(7-11-32)31(2)37(3,35)36/h4-5,14,16,19-20H,6-13,15H2,1-3H3,(H,28,29,30). The number of carbonyl (C=O) groups excluding carboxylic acids is 1. The van der Waals surface area contributed by atoms with Gasteiger partial charge in [-0.05, 0) is 63.4 Å². The van der Waals surface area contributed by atoms with Gasteiger partial charge in [0, 0.05) is 44.3 Å². The van der Waals surface area contributed by atoms with E-state index in [0.29, 0.717) is 52.8 Å². The molecule has 1 amide bonds. The van der Waals surface area contributed by atoms with Gasteiger partial charge in [-0.25, -0.2) is 22.7 Å². The van der Waals surface area contributed by atoms with Gasteiger partial charge in [-0.2, -0.15) is 0 Å². The van der Waals surface area contributed by atoms with Gasteiger partial charge in [-0.1, -0.05) is 29.3 Å². The lowest BCUT2D eigenvalue weighted by molar-refractivity contribution is 0.0542. The van der Waals surface area contributed by atoms with Crippen LogP contribution in [-0.4, -0.2) is 90.0 Å². The maximum absolute atomic E-state index is 13.3. The van der Waals surface area contributed by atoms with Crippen LogP contribution in [0.15, 0.2) is 24.5 Å². The first-order chi connectivity index (χ1) is 17.5. The van der Waals surface area contributed by atoms with Crippen molar-refractivity contribution in [2.45, 2.75) is 51.2 Å². The minimum atomic E-state index is -3.17. The smallest absolute Gasteiger partial charge is 0.272 e. The first kappa shape index (κ1) is 28.0. The summed E-state index contributed by atoms with van der Waals surface area (Å²) >= 11 is 12.1. The zero-order chi connectivity index (χ0) is 26.7. The van der Waals surface area contributed by atoms with Crippen molar-refractivity contribution in [2.75, 3.05) is 44.8 Å². The molecule has 4 rings (SSSR count). The second-order valence-corrected chi connectivity index (χ2v) is 12.7. The van der Waals surface area contributed by atoms with Gasteiger partial charge in [0.2, 0.25) is 10.0 Å². The molecular weight excluding hydrogens is 535 g/mol. The number of carbonyl (C=O) groups is 1. The lowest BCUT2D eigenvalue weighted by Crippen LogP contribution is -2.52. The lowest BCUT2D eigenvalue weighted by Gasteiger charge is -2.43. The summed E-state index contributed by atoms with van der Waals surface area (Å²) < 4.78 is 25.2. The minimum Gasteiger partial charge on any atom is -0.366 e. The van der Waals surface area contributed by atoms with E-state index < -0.39 is 10.0 Å². The largest absolute Gasteiger partial charge is 0.366 e. The summed E-state index contributed by atoms with van der Waals surface area (Å²) in [6.07, 6.45) is 6.14. The molecule has 0 spiro atoms. The summed E-state index contributed by atoms with van der Waals surface area (Å²) in [5.74, 6) is 0.533. The van der Waals surface area contributed by atoms with E-state index in [4.69, 9.17) is 23.2 Å². The first-order valence-corrected chi connectivity index (χ1v) is 15.1. The highest BCUT2D eigenvalue weighted by Gasteiger charge is 2.33. The number of hydrogen-bond donors (Lipinski definition) is 1. The summed E-state index contributed by atoms with van der Waals surface area (Å²) in [6.45, 7) is 5.44. The van der Waals surface area contributed by atoms with Crippen molar-refractivity contribution in [3.63, 3.8) is 0 Å². The van der Waals surface area contributed by atoms with E-state index in [0.717, 1.165) is 44.3 Å². The molecule has 12 heteroatoms. The number of rotatable bonds is 7. The molecule has 2 aromatic rings. The molecule has 0 saturated carbocycles. The average molecular weight is 570 g/mol. The van der Waals surface area contributed by atoms with Crippen LogP contribution in [-0.2, 0) is 16.6 Å². The van der Waals surface area contributed by atoms with Crippen LogP contribution < -0.4 is 5.32 Å². The van der Waals surface area contributed by atoms with Crippen LogP contribution >= 0.6 is 23.2 Å². The summed E-state index contributed by atoms with van der Waals surface area (Å²) in [6, 6.07) is 5.91. The molecule has 1 aromatic heterocycles. The van der Waals surface area contributed by atoms with E-state index in [1.165, 1.54) is 16.9 Å². The third kappa shape index (κ3) is 6.72. The van der Waals surface area contributed by atoms with Crippen molar-refractivity contribution in [2.24, 2.45) is 0 Å². The van der Waals surface area contributed by atoms with Gasteiger partial charge in [0.25, 0.3) is 5.91 Å². The van der Waals surface area contributed by atoms with Gasteiger partial charge in [-0.3, -0.25) is 4.79 Å². The Morgan fingerprint density at radius 1 is 1.08 bits per heavy atom. The van der Waals surface area contributed by atoms with Gasteiger partial charge in [0.15, 0.2) is 0 Å². The molecule has 1 aromatic carbocycles. The Morgan fingerprint density at radius 2 is 1.76 bits per heavy atom. The lowest BCUT2D eigenvalue weighted by atomic mass is 9.97. The molecule has 2 aliphatic heterocycles. The molecule has 0 bridgehead atoms. The van der Waals surface area contributed by atoms with Crippen molar-refractivity contribution in [1.29, 1.82) is 0 Å². The molecule has 2 saturated heterocycles. The van der Waals surface area contributed by atoms with Crippen molar-refractivity contribution in [3.8, 4) is 0 Å². The fourth-order valence-electron chi connectivity index (χ4n) is 5.15. The van der Waals surface area contributed by atoms with Gasteiger partial charge < -0.3 is 15.1 Å². The van der Waals surface area contributed by atoms with E-state index in [9.17, 15) is 13.2 Å². The number of piperidine rings is 2. The highest BCUT2D eigenvalue weighted by molar-refractivity contribution is 7.88. The number of halogens is 2. The average Bonchev–Trinajstić information content (AvgIpc) is 2.89. The Bertz CT molecular complexity index is 1230. The van der Waals surface area contributed by atoms with Crippen LogP contribution in [0.1, 0.15) is 47.3 Å². The molecule has 202 valence electrons. The predicted molar refractivity (Wildman–Crippen MR) is 147 cm³/mol. The Labute approximate surface area is 229 Å². The van der Waals surface area contributed by atoms with Crippen molar-refractivity contribution in [1.82, 2.24) is 24.1 Å². The van der Waals surface area contributed by atoms with Gasteiger partial charge in [0.05, 0.1) is 16.3 Å². The maximum atomic E-state index is 13.3. The van der Waals surface area contributed by atoms with Crippen LogP contribution in [0.4, 0.5) is 5.82 Å². The number of amides is 1. The number of nitrogens with zero attached hydrogens (tertiary/aromatic N) is 5. The third-order valence-corrected chi connectivity index (χ3v) is 9.62. The van der Waals surface area contributed by atoms with Crippen molar-refractivity contribution < 1.29 is 13.2 Å². The van der Waals surface area contributed by atoms with Gasteiger partial charge >= 0.3 is 0 Å². The minimum absolute atomic E-state index is 0.0631. The Kier molecular flexibility index (Phi) is 8.96. The highest BCUT2D eigenvalue weighted by atomic mass is 35.5. The molecule has 0 atom stereocenters. The van der Waals surface area contributed by atoms with E-state index in [1.807, 2.05) is 17.9 Å². The molecule has 0 aliphatic carbocycles. The second kappa shape index (κ2) is 11.8. The highest BCUT2D eigenvalue weighted by Crippen LogP contribution is 2.26. The Hall–Kier alpha value is -1.98. The fraction of sp³-hybridized carbons (Fsp3) is 0.560. The Balaban J connectivity index is 1.31. The molecule has 0 radical (unpaired) electrons. The van der Waals surface area contributed by atoms with E-state index >= 15 is 0 Å². The first-order valence-electron chi connectivity index (χ1n) is 12.5. The monoisotopic (exact) mass is 568 g/mol. The van der Waals surface area contributed by atoms with E-state index in [-0.39, 0.29) is 11.9 Å². The molecule has 3 heterocycles. The van der Waals surface area contributed by atoms with Crippen LogP contribution in [0, 0.1) is 6.92 Å². The predicted octanol–water partition coefficient (Wildman–Crippen LogP) is 3.66. The maximum Gasteiger partial charge on any atom is 0.272 e. The third-order valence-electron chi connectivity index (χ3n) is 7.54. The molecule has 9 nitrogen and oxygen atoms in total. The zero-order valence-corrected chi connectivity index (χ0v) is 23.8. The van der Waals surface area contributed by atoms with Crippen LogP contribution in [0.25, 0.3) is 0 Å². The molecule has 37 heavy (non-hydrogen) atoms. The van der Waals surface area contributed by atoms with Gasteiger partial charge in [-0.15, -0.1) is 0 Å². The van der Waals surface area contributed by atoms with Crippen molar-refractivity contribution in [3.05, 3.63) is 51.4 Å². The topological polar surface area (TPSA) is 98.7 Å². The quantitative estimate of drug-likeness (QED) is 0.544. The van der Waals surface area contributed by atoms with Gasteiger partial charge in [0.1, 0.15) is 17.8 Å². The number of likely N-dealkylation sites (tertiary alicyclic amines) is 2. The molecule has 2 fully saturated rings. The summed E-state index contributed by atoms with van der Waals surface area (Å²) in [7, 11) is -1.50.